The van der Waals surface area contributed by atoms with E-state index < -0.39 is 41.8 Å². The molecule has 0 aliphatic heterocycles. The molecule has 0 unspecified atom stereocenters. The Balaban J connectivity index is 1.78. The molecule has 1 amide bonds. The van der Waals surface area contributed by atoms with E-state index in [-0.39, 0.29) is 28.0 Å². The number of aromatic nitrogens is 2. The third-order valence-corrected chi connectivity index (χ3v) is 4.73. The molecule has 0 bridgehead atoms. The van der Waals surface area contributed by atoms with Crippen LogP contribution >= 0.6 is 0 Å². The Morgan fingerprint density at radius 3 is 2.47 bits per heavy atom. The van der Waals surface area contributed by atoms with E-state index in [4.69, 9.17) is 0 Å². The van der Waals surface area contributed by atoms with Crippen molar-refractivity contribution in [1.29, 1.82) is 0 Å². The maximum atomic E-state index is 13.8. The number of amides is 1. The van der Waals surface area contributed by atoms with Gasteiger partial charge in [0.1, 0.15) is 6.67 Å². The van der Waals surface area contributed by atoms with E-state index in [0.29, 0.717) is 0 Å². The topological polar surface area (TPSA) is 46.9 Å². The van der Waals surface area contributed by atoms with Crippen LogP contribution in [-0.4, -0.2) is 15.5 Å². The van der Waals surface area contributed by atoms with Crippen LogP contribution in [0.5, 0.6) is 0 Å². The Bertz CT molecular complexity index is 1330. The molecule has 4 rings (SSSR count). The van der Waals surface area contributed by atoms with Crippen molar-refractivity contribution in [2.75, 3.05) is 5.32 Å². The Hall–Kier alpha value is -3.82. The summed E-state index contributed by atoms with van der Waals surface area (Å²) in [5.74, 6) is -4.80. The minimum absolute atomic E-state index is 0.00644. The van der Waals surface area contributed by atoms with Crippen LogP contribution < -0.4 is 5.32 Å². The zero-order chi connectivity index (χ0) is 23.0. The van der Waals surface area contributed by atoms with Crippen LogP contribution in [0.3, 0.4) is 0 Å². The number of hydrogen-bond donors (Lipinski definition) is 1. The maximum Gasteiger partial charge on any atom is 0.450 e. The number of rotatable bonds is 4. The highest BCUT2D eigenvalue weighted by atomic mass is 19.4. The zero-order valence-corrected chi connectivity index (χ0v) is 16.1. The van der Waals surface area contributed by atoms with Crippen LogP contribution in [0.4, 0.5) is 32.0 Å². The van der Waals surface area contributed by atoms with Gasteiger partial charge in [-0.15, -0.1) is 0 Å². The van der Waals surface area contributed by atoms with Gasteiger partial charge >= 0.3 is 6.18 Å². The number of halogens is 6. The van der Waals surface area contributed by atoms with E-state index in [9.17, 15) is 31.1 Å². The number of carbonyl (C=O) groups excluding carboxylic acids is 1. The summed E-state index contributed by atoms with van der Waals surface area (Å²) in [4.78, 5) is 15.9. The fourth-order valence-corrected chi connectivity index (χ4v) is 3.33. The predicted octanol–water partition coefficient (Wildman–Crippen LogP) is 6.04. The summed E-state index contributed by atoms with van der Waals surface area (Å²) < 4.78 is 82.7. The Morgan fingerprint density at radius 2 is 1.75 bits per heavy atom. The first-order chi connectivity index (χ1) is 15.2. The van der Waals surface area contributed by atoms with Crippen LogP contribution in [0.2, 0.25) is 0 Å². The molecule has 3 aromatic carbocycles. The number of carbonyl (C=O) groups is 1. The quantitative estimate of drug-likeness (QED) is 0.386. The lowest BCUT2D eigenvalue weighted by Crippen LogP contribution is -2.16. The highest BCUT2D eigenvalue weighted by molar-refractivity contribution is 6.04. The summed E-state index contributed by atoms with van der Waals surface area (Å²) in [6, 6.07) is 12.5. The highest BCUT2D eigenvalue weighted by Gasteiger charge is 2.38. The second kappa shape index (κ2) is 8.03. The number of imidazole rings is 1. The van der Waals surface area contributed by atoms with Gasteiger partial charge < -0.3 is 5.32 Å². The van der Waals surface area contributed by atoms with Gasteiger partial charge in [-0.25, -0.2) is 18.2 Å². The molecule has 0 atom stereocenters. The normalized spacial score (nSPS) is 11.7. The fourth-order valence-electron chi connectivity index (χ4n) is 3.33. The smallest absolute Gasteiger partial charge is 0.322 e. The van der Waals surface area contributed by atoms with Crippen molar-refractivity contribution in [3.05, 3.63) is 89.2 Å². The Kier molecular flexibility index (Phi) is 5.37. The number of fused-ring (bicyclic) bond motifs is 1. The standard InChI is InChI=1S/C22H13F6N3O/c23-11-12-10-13(29-20(32)14-4-3-5-15(24)19(14)25)8-9-17(12)31-18-7-2-1-6-16(18)30-21(31)22(26,27)28/h1-10H,11H2,(H,29,32). The number of anilines is 1. The van der Waals surface area contributed by atoms with Gasteiger partial charge in [-0.1, -0.05) is 18.2 Å². The molecule has 0 aliphatic rings. The third-order valence-electron chi connectivity index (χ3n) is 4.73. The molecule has 1 N–H and O–H groups in total. The maximum absolute atomic E-state index is 13.8. The number of alkyl halides is 4. The molecule has 164 valence electrons. The lowest BCUT2D eigenvalue weighted by Gasteiger charge is -2.16. The minimum atomic E-state index is -4.81. The molecule has 10 heteroatoms. The molecule has 1 aromatic heterocycles. The van der Waals surface area contributed by atoms with Crippen LogP contribution in [0, 0.1) is 11.6 Å². The van der Waals surface area contributed by atoms with Gasteiger partial charge in [-0.05, 0) is 42.5 Å². The number of nitrogens with zero attached hydrogens (tertiary/aromatic N) is 2. The molecule has 0 spiro atoms. The Labute approximate surface area is 177 Å². The predicted molar refractivity (Wildman–Crippen MR) is 105 cm³/mol. The molecule has 32 heavy (non-hydrogen) atoms. The van der Waals surface area contributed by atoms with Crippen LogP contribution in [-0.2, 0) is 12.9 Å². The first kappa shape index (κ1) is 21.4. The van der Waals surface area contributed by atoms with Gasteiger partial charge in [0.25, 0.3) is 5.91 Å². The van der Waals surface area contributed by atoms with Gasteiger partial charge in [-0.3, -0.25) is 9.36 Å². The molecule has 0 saturated heterocycles. The summed E-state index contributed by atoms with van der Waals surface area (Å²) in [6.45, 7) is -1.16. The molecular formula is C22H13F6N3O. The second-order valence-electron chi connectivity index (χ2n) is 6.79. The second-order valence-corrected chi connectivity index (χ2v) is 6.79. The molecule has 0 radical (unpaired) electrons. The van der Waals surface area contributed by atoms with Gasteiger partial charge in [0.05, 0.1) is 22.3 Å². The molecule has 0 fully saturated rings. The van der Waals surface area contributed by atoms with Gasteiger partial charge in [0.15, 0.2) is 11.6 Å². The van der Waals surface area contributed by atoms with Crippen molar-refractivity contribution in [1.82, 2.24) is 9.55 Å². The van der Waals surface area contributed by atoms with E-state index in [1.165, 1.54) is 36.4 Å². The van der Waals surface area contributed by atoms with Crippen molar-refractivity contribution >= 4 is 22.6 Å². The van der Waals surface area contributed by atoms with E-state index in [0.717, 1.165) is 28.8 Å². The van der Waals surface area contributed by atoms with Crippen molar-refractivity contribution < 1.29 is 31.1 Å². The van der Waals surface area contributed by atoms with Gasteiger partial charge in [-0.2, -0.15) is 13.2 Å². The highest BCUT2D eigenvalue weighted by Crippen LogP contribution is 2.35. The van der Waals surface area contributed by atoms with Crippen LogP contribution in [0.25, 0.3) is 16.7 Å². The lowest BCUT2D eigenvalue weighted by atomic mass is 10.1. The van der Waals surface area contributed by atoms with Crippen molar-refractivity contribution in [2.45, 2.75) is 12.9 Å². The fraction of sp³-hybridized carbons (Fsp3) is 0.0909. The lowest BCUT2D eigenvalue weighted by molar-refractivity contribution is -0.145. The van der Waals surface area contributed by atoms with Crippen LogP contribution in [0.15, 0.2) is 60.7 Å². The van der Waals surface area contributed by atoms with Crippen molar-refractivity contribution in [3.8, 4) is 5.69 Å². The summed E-state index contributed by atoms with van der Waals surface area (Å²) >= 11 is 0. The van der Waals surface area contributed by atoms with Gasteiger partial charge in [0, 0.05) is 11.3 Å². The van der Waals surface area contributed by atoms with E-state index >= 15 is 0 Å². The minimum Gasteiger partial charge on any atom is -0.322 e. The zero-order valence-electron chi connectivity index (χ0n) is 16.1. The summed E-state index contributed by atoms with van der Waals surface area (Å²) in [5.41, 5.74) is -0.680. The number of benzene rings is 3. The van der Waals surface area contributed by atoms with Crippen molar-refractivity contribution in [2.24, 2.45) is 0 Å². The van der Waals surface area contributed by atoms with Gasteiger partial charge in [0.2, 0.25) is 5.82 Å². The summed E-state index contributed by atoms with van der Waals surface area (Å²) in [6.07, 6.45) is -4.81. The molecule has 0 aliphatic carbocycles. The molecule has 4 nitrogen and oxygen atoms in total. The third kappa shape index (κ3) is 3.79. The summed E-state index contributed by atoms with van der Waals surface area (Å²) in [7, 11) is 0. The molecular weight excluding hydrogens is 436 g/mol. The number of para-hydroxylation sites is 2. The van der Waals surface area contributed by atoms with Crippen LogP contribution in [0.1, 0.15) is 21.7 Å². The SMILES string of the molecule is O=C(Nc1ccc(-n2c(C(F)(F)F)nc3ccccc32)c(CF)c1)c1cccc(F)c1F. The van der Waals surface area contributed by atoms with Crippen molar-refractivity contribution in [3.63, 3.8) is 0 Å². The monoisotopic (exact) mass is 449 g/mol. The first-order valence-electron chi connectivity index (χ1n) is 9.20. The van der Waals surface area contributed by atoms with E-state index in [2.05, 4.69) is 10.3 Å². The molecule has 0 saturated carbocycles. The average Bonchev–Trinajstić information content (AvgIpc) is 3.15. The summed E-state index contributed by atoms with van der Waals surface area (Å²) in [5, 5.41) is 2.30. The first-order valence-corrected chi connectivity index (χ1v) is 9.20. The Morgan fingerprint density at radius 1 is 1.00 bits per heavy atom. The van der Waals surface area contributed by atoms with E-state index in [1.807, 2.05) is 0 Å². The largest absolute Gasteiger partial charge is 0.450 e. The number of nitrogens with one attached hydrogen (secondary N) is 1. The number of hydrogen-bond acceptors (Lipinski definition) is 2. The average molecular weight is 449 g/mol. The molecule has 1 heterocycles. The van der Waals surface area contributed by atoms with E-state index in [1.54, 1.807) is 0 Å². The molecule has 4 aromatic rings.